The van der Waals surface area contributed by atoms with Crippen LogP contribution < -0.4 is 16.0 Å². The molecule has 5 rings (SSSR count). The number of ether oxygens (including phenoxy) is 1. The number of rotatable bonds is 3. The van der Waals surface area contributed by atoms with E-state index in [-0.39, 0.29) is 25.3 Å². The van der Waals surface area contributed by atoms with E-state index in [0.29, 0.717) is 25.9 Å². The number of nitrogens with zero attached hydrogens (tertiary/aromatic N) is 2. The second-order valence-corrected chi connectivity index (χ2v) is 13.4. The van der Waals surface area contributed by atoms with Gasteiger partial charge in [-0.25, -0.2) is 14.4 Å². The van der Waals surface area contributed by atoms with Gasteiger partial charge >= 0.3 is 18.1 Å². The fourth-order valence-corrected chi connectivity index (χ4v) is 6.36. The Labute approximate surface area is 257 Å². The molecule has 1 aliphatic carbocycles. The second kappa shape index (κ2) is 12.5. The zero-order chi connectivity index (χ0) is 31.6. The summed E-state index contributed by atoms with van der Waals surface area (Å²) in [6.45, 7) is 6.26. The van der Waals surface area contributed by atoms with E-state index < -0.39 is 59.2 Å². The number of carboxylic acid groups (broad SMARTS) is 1. The minimum Gasteiger partial charge on any atom is -0.479 e. The Morgan fingerprint density at radius 1 is 1.07 bits per heavy atom. The Morgan fingerprint density at radius 2 is 1.77 bits per heavy atom. The molecule has 1 aromatic rings. The van der Waals surface area contributed by atoms with Crippen LogP contribution in [0, 0.1) is 5.92 Å². The number of allylic oxidation sites excluding steroid dienone is 1. The van der Waals surface area contributed by atoms with Gasteiger partial charge in [-0.3, -0.25) is 14.5 Å². The van der Waals surface area contributed by atoms with Crippen molar-refractivity contribution >= 4 is 29.9 Å². The van der Waals surface area contributed by atoms with Crippen molar-refractivity contribution in [1.82, 2.24) is 25.8 Å². The van der Waals surface area contributed by atoms with Crippen molar-refractivity contribution in [3.05, 3.63) is 47.5 Å². The van der Waals surface area contributed by atoms with Crippen molar-refractivity contribution in [1.29, 1.82) is 0 Å². The predicted molar refractivity (Wildman–Crippen MR) is 160 cm³/mol. The molecule has 0 spiro atoms. The third-order valence-electron chi connectivity index (χ3n) is 8.78. The van der Waals surface area contributed by atoms with Crippen molar-refractivity contribution < 1.29 is 33.8 Å². The number of nitrogens with one attached hydrogen (secondary N) is 3. The number of carbonyl (C=O) groups excluding carboxylic acids is 4. The highest BCUT2D eigenvalue weighted by Gasteiger charge is 2.61. The fourth-order valence-electron chi connectivity index (χ4n) is 6.36. The zero-order valence-corrected chi connectivity index (χ0v) is 25.6. The van der Waals surface area contributed by atoms with Crippen LogP contribution in [0.25, 0.3) is 0 Å². The molecule has 12 nitrogen and oxygen atoms in total. The van der Waals surface area contributed by atoms with E-state index >= 15 is 0 Å². The van der Waals surface area contributed by atoms with E-state index in [1.54, 1.807) is 4.90 Å². The van der Waals surface area contributed by atoms with Gasteiger partial charge in [0.1, 0.15) is 23.7 Å². The van der Waals surface area contributed by atoms with Gasteiger partial charge in [0.15, 0.2) is 0 Å². The fraction of sp³-hybridized carbons (Fsp3) is 0.594. The van der Waals surface area contributed by atoms with Gasteiger partial charge < -0.3 is 30.7 Å². The number of amides is 5. The third-order valence-corrected chi connectivity index (χ3v) is 8.78. The number of carbonyl (C=O) groups is 5. The van der Waals surface area contributed by atoms with Crippen LogP contribution in [-0.4, -0.2) is 80.6 Å². The molecule has 3 heterocycles. The smallest absolute Gasteiger partial charge is 0.410 e. The highest BCUT2D eigenvalue weighted by atomic mass is 16.6. The molecule has 0 radical (unpaired) electrons. The number of hydrogen-bond donors (Lipinski definition) is 4. The summed E-state index contributed by atoms with van der Waals surface area (Å²) in [4.78, 5) is 69.0. The highest BCUT2D eigenvalue weighted by Crippen LogP contribution is 2.45. The molecule has 1 aromatic carbocycles. The molecular formula is C32H43N5O7. The maximum atomic E-state index is 14.1. The normalized spacial score (nSPS) is 29.6. The maximum absolute atomic E-state index is 14.1. The summed E-state index contributed by atoms with van der Waals surface area (Å²) in [6, 6.07) is 5.25. The van der Waals surface area contributed by atoms with Crippen LogP contribution in [0.2, 0.25) is 0 Å². The lowest BCUT2D eigenvalue weighted by atomic mass is 10.0. The molecule has 1 saturated heterocycles. The standard InChI is InChI=1S/C32H43N5O7/c1-31(2,3)35-29(42)33-24-14-8-6-4-5-7-13-22-16-32(22,28(40)41)34-26(38)25-15-23(19-37(25)27(24)39)44-30(43)36-17-20-11-9-10-12-21(20)18-36/h7,9-13,22-25H,4-6,8,14-19H2,1-3H3,(H,34,38)(H,40,41)(H2,33,35,42)/b13-7-/t22-,23+,24-,25-,32+/m0/s1. The second-order valence-electron chi connectivity index (χ2n) is 13.4. The Balaban J connectivity index is 1.37. The van der Waals surface area contributed by atoms with Crippen molar-refractivity contribution in [3.63, 3.8) is 0 Å². The molecule has 4 N–H and O–H groups in total. The Kier molecular flexibility index (Phi) is 8.90. The van der Waals surface area contributed by atoms with Crippen LogP contribution >= 0.6 is 0 Å². The first-order valence-corrected chi connectivity index (χ1v) is 15.5. The first-order chi connectivity index (χ1) is 20.9. The van der Waals surface area contributed by atoms with E-state index in [9.17, 15) is 29.1 Å². The molecule has 3 aliphatic heterocycles. The molecule has 5 atom stereocenters. The van der Waals surface area contributed by atoms with Gasteiger partial charge in [-0.15, -0.1) is 0 Å². The molecule has 1 saturated carbocycles. The molecule has 12 heteroatoms. The zero-order valence-electron chi connectivity index (χ0n) is 25.6. The molecule has 0 aromatic heterocycles. The first kappa shape index (κ1) is 31.3. The van der Waals surface area contributed by atoms with E-state index in [2.05, 4.69) is 16.0 Å². The number of carboxylic acids is 1. The number of benzene rings is 1. The summed E-state index contributed by atoms with van der Waals surface area (Å²) in [6.07, 6.45) is 6.18. The van der Waals surface area contributed by atoms with Gasteiger partial charge in [0.05, 0.1) is 6.54 Å². The Bertz CT molecular complexity index is 1320. The highest BCUT2D eigenvalue weighted by molar-refractivity contribution is 5.96. The van der Waals surface area contributed by atoms with E-state index in [0.717, 1.165) is 30.4 Å². The molecule has 0 bridgehead atoms. The van der Waals surface area contributed by atoms with Gasteiger partial charge in [0.25, 0.3) is 0 Å². The Hall–Kier alpha value is -4.09. The summed E-state index contributed by atoms with van der Waals surface area (Å²) in [5, 5.41) is 18.4. The lowest BCUT2D eigenvalue weighted by Crippen LogP contribution is -2.58. The van der Waals surface area contributed by atoms with Crippen LogP contribution in [0.5, 0.6) is 0 Å². The minimum atomic E-state index is -1.44. The largest absolute Gasteiger partial charge is 0.479 e. The third kappa shape index (κ3) is 7.00. The van der Waals surface area contributed by atoms with Crippen LogP contribution in [-0.2, 0) is 32.2 Å². The lowest BCUT2D eigenvalue weighted by molar-refractivity contribution is -0.145. The SMILES string of the molecule is CC(C)(C)NC(=O)N[C@H]1CCCCC/C=C\[C@H]2C[C@@]2(C(=O)O)NC(=O)[C@@H]2C[C@@H](OC(=O)N3Cc4ccccc4C3)CN2C1=O. The van der Waals surface area contributed by atoms with Gasteiger partial charge in [0, 0.05) is 31.0 Å². The van der Waals surface area contributed by atoms with Crippen LogP contribution in [0.4, 0.5) is 9.59 Å². The van der Waals surface area contributed by atoms with Crippen LogP contribution in [0.15, 0.2) is 36.4 Å². The number of aliphatic carboxylic acids is 1. The quantitative estimate of drug-likeness (QED) is 0.384. The van der Waals surface area contributed by atoms with Gasteiger partial charge in [-0.2, -0.15) is 0 Å². The summed E-state index contributed by atoms with van der Waals surface area (Å²) >= 11 is 0. The first-order valence-electron chi connectivity index (χ1n) is 15.5. The van der Waals surface area contributed by atoms with Crippen LogP contribution in [0.1, 0.15) is 76.8 Å². The molecule has 2 fully saturated rings. The molecule has 238 valence electrons. The average molecular weight is 610 g/mol. The summed E-state index contributed by atoms with van der Waals surface area (Å²) < 4.78 is 5.84. The van der Waals surface area contributed by atoms with Gasteiger partial charge in [0.2, 0.25) is 11.8 Å². The van der Waals surface area contributed by atoms with E-state index in [4.69, 9.17) is 4.74 Å². The average Bonchev–Trinajstić information content (AvgIpc) is 3.27. The maximum Gasteiger partial charge on any atom is 0.410 e. The molecule has 4 aliphatic rings. The monoisotopic (exact) mass is 609 g/mol. The summed E-state index contributed by atoms with van der Waals surface area (Å²) in [5.74, 6) is -2.56. The van der Waals surface area contributed by atoms with Crippen molar-refractivity contribution in [2.75, 3.05) is 6.54 Å². The lowest BCUT2D eigenvalue weighted by Gasteiger charge is -2.30. The predicted octanol–water partition coefficient (Wildman–Crippen LogP) is 3.05. The van der Waals surface area contributed by atoms with Crippen molar-refractivity contribution in [2.24, 2.45) is 5.92 Å². The van der Waals surface area contributed by atoms with Gasteiger partial charge in [-0.05, 0) is 57.6 Å². The number of hydrogen-bond acceptors (Lipinski definition) is 6. The summed E-state index contributed by atoms with van der Waals surface area (Å²) in [7, 11) is 0. The van der Waals surface area contributed by atoms with E-state index in [1.165, 1.54) is 4.90 Å². The number of urea groups is 1. The topological polar surface area (TPSA) is 157 Å². The van der Waals surface area contributed by atoms with E-state index in [1.807, 2.05) is 57.2 Å². The molecule has 5 amide bonds. The molecule has 44 heavy (non-hydrogen) atoms. The van der Waals surface area contributed by atoms with Gasteiger partial charge in [-0.1, -0.05) is 49.3 Å². The minimum absolute atomic E-state index is 0.0151. The van der Waals surface area contributed by atoms with Crippen molar-refractivity contribution in [3.8, 4) is 0 Å². The van der Waals surface area contributed by atoms with Crippen molar-refractivity contribution in [2.45, 2.75) is 108 Å². The Morgan fingerprint density at radius 3 is 2.43 bits per heavy atom. The summed E-state index contributed by atoms with van der Waals surface area (Å²) in [5.41, 5.74) is 0.0959. The number of fused-ring (bicyclic) bond motifs is 3. The molecular weight excluding hydrogens is 566 g/mol. The molecule has 0 unspecified atom stereocenters. The van der Waals surface area contributed by atoms with Crippen LogP contribution in [0.3, 0.4) is 0 Å².